The Morgan fingerprint density at radius 1 is 1.57 bits per heavy atom. The third-order valence-electron chi connectivity index (χ3n) is 4.07. The van der Waals surface area contributed by atoms with Crippen LogP contribution in [0.5, 0.6) is 0 Å². The second-order valence-corrected chi connectivity index (χ2v) is 6.00. The van der Waals surface area contributed by atoms with E-state index < -0.39 is 0 Å². The van der Waals surface area contributed by atoms with E-state index in [9.17, 15) is 0 Å². The Hall–Kier alpha value is -1.53. The number of hydrogen-bond acceptors (Lipinski definition) is 6. The average molecular weight is 336 g/mol. The van der Waals surface area contributed by atoms with Crippen molar-refractivity contribution < 1.29 is 14.0 Å². The van der Waals surface area contributed by atoms with Crippen molar-refractivity contribution in [3.8, 4) is 0 Å². The van der Waals surface area contributed by atoms with Crippen LogP contribution in [0.15, 0.2) is 19.1 Å². The normalized spacial score (nSPS) is 24.9. The van der Waals surface area contributed by atoms with Gasteiger partial charge in [0.05, 0.1) is 18.1 Å². The molecule has 2 aromatic rings. The van der Waals surface area contributed by atoms with E-state index in [1.807, 2.05) is 17.4 Å². The highest BCUT2D eigenvalue weighted by Crippen LogP contribution is 2.35. The van der Waals surface area contributed by atoms with Gasteiger partial charge in [-0.2, -0.15) is 0 Å². The number of hydrogen-bond donors (Lipinski definition) is 1. The van der Waals surface area contributed by atoms with Crippen LogP contribution in [0.3, 0.4) is 0 Å². The molecule has 2 N–H and O–H groups in total. The number of aromatic nitrogens is 3. The van der Waals surface area contributed by atoms with E-state index in [0.29, 0.717) is 21.2 Å². The lowest BCUT2D eigenvalue weighted by molar-refractivity contribution is -0.0439. The van der Waals surface area contributed by atoms with E-state index in [1.165, 1.54) is 6.33 Å². The van der Waals surface area contributed by atoms with Crippen LogP contribution >= 0.6 is 8.81 Å². The maximum Gasteiger partial charge on any atom is 0.148 e. The highest BCUT2D eigenvalue weighted by molar-refractivity contribution is 7.31. The first kappa shape index (κ1) is 16.3. The number of methoxy groups -OCH3 is 1. The first-order chi connectivity index (χ1) is 11.2. The third kappa shape index (κ3) is 2.97. The lowest BCUT2D eigenvalue weighted by atomic mass is 10.2. The van der Waals surface area contributed by atoms with Gasteiger partial charge in [0.2, 0.25) is 0 Å². The molecule has 8 heteroatoms. The van der Waals surface area contributed by atoms with Crippen LogP contribution in [0.2, 0.25) is 0 Å². The Morgan fingerprint density at radius 2 is 2.39 bits per heavy atom. The van der Waals surface area contributed by atoms with Gasteiger partial charge >= 0.3 is 0 Å². The molecular weight excluding hydrogens is 315 g/mol. The Kier molecular flexibility index (Phi) is 4.92. The highest BCUT2D eigenvalue weighted by Gasteiger charge is 2.37. The van der Waals surface area contributed by atoms with Crippen molar-refractivity contribution in [3.63, 3.8) is 0 Å². The molecule has 3 heterocycles. The summed E-state index contributed by atoms with van der Waals surface area (Å²) in [6, 6.07) is 0. The number of fused-ring (bicyclic) bond motifs is 1. The number of anilines is 1. The molecule has 23 heavy (non-hydrogen) atoms. The quantitative estimate of drug-likeness (QED) is 0.814. The second-order valence-electron chi connectivity index (χ2n) is 5.31. The summed E-state index contributed by atoms with van der Waals surface area (Å²) in [5, 5.41) is 0.801. The molecule has 2 aromatic heterocycles. The largest absolute Gasteiger partial charge is 0.383 e. The van der Waals surface area contributed by atoms with Gasteiger partial charge in [0.15, 0.2) is 0 Å². The van der Waals surface area contributed by atoms with E-state index >= 15 is 0 Å². The Balaban J connectivity index is 1.95. The molecule has 0 amide bonds. The van der Waals surface area contributed by atoms with Gasteiger partial charge in [-0.15, -0.1) is 0 Å². The molecule has 1 aliphatic heterocycles. The fourth-order valence-corrected chi connectivity index (χ4v) is 3.28. The fourth-order valence-electron chi connectivity index (χ4n) is 2.95. The van der Waals surface area contributed by atoms with Gasteiger partial charge in [-0.1, -0.05) is 12.7 Å². The predicted octanol–water partition coefficient (Wildman–Crippen LogP) is 2.20. The summed E-state index contributed by atoms with van der Waals surface area (Å²) in [6.07, 6.45) is 5.59. The van der Waals surface area contributed by atoms with Gasteiger partial charge in [-0.3, -0.25) is 0 Å². The summed E-state index contributed by atoms with van der Waals surface area (Å²) < 4.78 is 19.2. The van der Waals surface area contributed by atoms with Crippen LogP contribution < -0.4 is 5.73 Å². The summed E-state index contributed by atoms with van der Waals surface area (Å²) in [5.74, 6) is 0.442. The second kappa shape index (κ2) is 6.93. The smallest absolute Gasteiger partial charge is 0.148 e. The van der Waals surface area contributed by atoms with Crippen LogP contribution in [0.25, 0.3) is 17.1 Å². The molecule has 0 aromatic carbocycles. The zero-order valence-corrected chi connectivity index (χ0v) is 14.2. The van der Waals surface area contributed by atoms with E-state index in [2.05, 4.69) is 16.5 Å². The Labute approximate surface area is 136 Å². The molecule has 7 nitrogen and oxygen atoms in total. The monoisotopic (exact) mass is 336 g/mol. The predicted molar refractivity (Wildman–Crippen MR) is 91.5 cm³/mol. The van der Waals surface area contributed by atoms with Gasteiger partial charge in [-0.25, -0.2) is 9.97 Å². The number of nitrogen functional groups attached to an aromatic ring is 1. The highest BCUT2D eigenvalue weighted by atomic mass is 31.1. The van der Waals surface area contributed by atoms with E-state index in [-0.39, 0.29) is 18.4 Å². The maximum atomic E-state index is 6.14. The first-order valence-electron chi connectivity index (χ1n) is 7.39. The summed E-state index contributed by atoms with van der Waals surface area (Å²) in [4.78, 5) is 8.43. The minimum atomic E-state index is -0.181. The molecule has 0 bridgehead atoms. The third-order valence-corrected chi connectivity index (χ3v) is 4.53. The van der Waals surface area contributed by atoms with Crippen LogP contribution in [0.1, 0.15) is 18.2 Å². The Bertz CT molecular complexity index is 705. The number of rotatable bonds is 6. The lowest BCUT2D eigenvalue weighted by Gasteiger charge is -2.17. The molecule has 3 rings (SSSR count). The summed E-state index contributed by atoms with van der Waals surface area (Å²) >= 11 is 0. The zero-order chi connectivity index (χ0) is 16.4. The minimum absolute atomic E-state index is 0.0137. The fraction of sp³-hybridized carbons (Fsp3) is 0.467. The van der Waals surface area contributed by atoms with Gasteiger partial charge in [0.25, 0.3) is 0 Å². The standard InChI is InChI=1S/C15H21N4O3P/c1-4-9-6-19(15-13(9)14(16)17-8-18-15)12-5-10(20-2)11(22-12)7-21-23-3/h4,6,8,10-12,23H,1,5,7H2,2-3H3,(H2,16,17,18)/t10?,11-,12-/m1/s1. The molecule has 1 aliphatic rings. The molecule has 0 spiro atoms. The van der Waals surface area contributed by atoms with Crippen molar-refractivity contribution in [2.45, 2.75) is 24.9 Å². The summed E-state index contributed by atoms with van der Waals surface area (Å²) in [5.41, 5.74) is 7.63. The van der Waals surface area contributed by atoms with E-state index in [0.717, 1.165) is 23.0 Å². The maximum absolute atomic E-state index is 6.14. The first-order valence-corrected chi connectivity index (χ1v) is 8.80. The van der Waals surface area contributed by atoms with Crippen molar-refractivity contribution in [2.24, 2.45) is 0 Å². The summed E-state index contributed by atoms with van der Waals surface area (Å²) in [6.45, 7) is 6.35. The van der Waals surface area contributed by atoms with Crippen molar-refractivity contribution in [3.05, 3.63) is 24.7 Å². The van der Waals surface area contributed by atoms with Gasteiger partial charge in [-0.05, 0) is 6.66 Å². The van der Waals surface area contributed by atoms with Crippen LogP contribution in [0, 0.1) is 0 Å². The molecule has 1 saturated heterocycles. The molecule has 124 valence electrons. The lowest BCUT2D eigenvalue weighted by Crippen LogP contribution is -2.27. The molecule has 1 fully saturated rings. The molecule has 4 atom stereocenters. The average Bonchev–Trinajstić information content (AvgIpc) is 3.14. The van der Waals surface area contributed by atoms with Crippen LogP contribution in [-0.4, -0.2) is 47.1 Å². The topological polar surface area (TPSA) is 84.4 Å². The van der Waals surface area contributed by atoms with Gasteiger partial charge < -0.3 is 24.3 Å². The molecule has 0 saturated carbocycles. The van der Waals surface area contributed by atoms with Gasteiger partial charge in [0, 0.05) is 34.1 Å². The molecule has 2 unspecified atom stereocenters. The minimum Gasteiger partial charge on any atom is -0.383 e. The SMILES string of the molecule is C=Cc1cn([C@H]2CC(OC)[C@@H](COPC)O2)c2ncnc(N)c12. The van der Waals surface area contributed by atoms with Crippen LogP contribution in [0.4, 0.5) is 5.82 Å². The number of nitrogens with two attached hydrogens (primary N) is 1. The van der Waals surface area contributed by atoms with Crippen LogP contribution in [-0.2, 0) is 14.0 Å². The van der Waals surface area contributed by atoms with Crippen molar-refractivity contribution in [2.75, 3.05) is 26.1 Å². The number of ether oxygens (including phenoxy) is 2. The van der Waals surface area contributed by atoms with E-state index in [4.69, 9.17) is 19.7 Å². The van der Waals surface area contributed by atoms with Crippen molar-refractivity contribution >= 4 is 31.7 Å². The molecule has 0 radical (unpaired) electrons. The number of nitrogens with zero attached hydrogens (tertiary/aromatic N) is 3. The summed E-state index contributed by atoms with van der Waals surface area (Å²) in [7, 11) is 2.12. The van der Waals surface area contributed by atoms with Crippen molar-refractivity contribution in [1.82, 2.24) is 14.5 Å². The molecule has 0 aliphatic carbocycles. The van der Waals surface area contributed by atoms with Crippen molar-refractivity contribution in [1.29, 1.82) is 0 Å². The Morgan fingerprint density at radius 3 is 3.09 bits per heavy atom. The zero-order valence-electron chi connectivity index (χ0n) is 13.2. The molecular formula is C15H21N4O3P. The van der Waals surface area contributed by atoms with E-state index in [1.54, 1.807) is 13.2 Å². The van der Waals surface area contributed by atoms with Gasteiger partial charge in [0.1, 0.15) is 30.1 Å².